The number of nitrogens with one attached hydrogen (secondary N) is 1. The highest BCUT2D eigenvalue weighted by molar-refractivity contribution is 7.12. The van der Waals surface area contributed by atoms with Gasteiger partial charge in [0.25, 0.3) is 0 Å². The zero-order valence-electron chi connectivity index (χ0n) is 9.39. The van der Waals surface area contributed by atoms with E-state index in [0.717, 1.165) is 15.4 Å². The van der Waals surface area contributed by atoms with Crippen LogP contribution >= 0.6 is 22.9 Å². The van der Waals surface area contributed by atoms with Gasteiger partial charge in [-0.3, -0.25) is 9.78 Å². The number of halogens is 1. The van der Waals surface area contributed by atoms with Gasteiger partial charge < -0.3 is 10.4 Å². The second-order valence-corrected chi connectivity index (χ2v) is 5.31. The number of aromatic nitrogens is 1. The molecule has 0 aliphatic rings. The number of nitrogens with zero attached hydrogens (tertiary/aromatic N) is 1. The highest BCUT2D eigenvalue weighted by Gasteiger charge is 2.05. The third kappa shape index (κ3) is 3.45. The second kappa shape index (κ2) is 5.84. The molecule has 0 aliphatic heterocycles. The van der Waals surface area contributed by atoms with E-state index in [4.69, 9.17) is 16.7 Å². The lowest BCUT2D eigenvalue weighted by Gasteiger charge is -2.05. The molecule has 6 heteroatoms. The van der Waals surface area contributed by atoms with Crippen molar-refractivity contribution in [2.24, 2.45) is 0 Å². The maximum absolute atomic E-state index is 10.6. The molecule has 2 rings (SSSR count). The van der Waals surface area contributed by atoms with Gasteiger partial charge >= 0.3 is 5.97 Å². The highest BCUT2D eigenvalue weighted by atomic mass is 35.5. The molecule has 18 heavy (non-hydrogen) atoms. The molecule has 2 heterocycles. The van der Waals surface area contributed by atoms with E-state index in [1.54, 1.807) is 18.5 Å². The van der Waals surface area contributed by atoms with Crippen LogP contribution < -0.4 is 5.32 Å². The molecule has 94 valence electrons. The van der Waals surface area contributed by atoms with E-state index >= 15 is 0 Å². The second-order valence-electron chi connectivity index (χ2n) is 3.65. The number of pyridine rings is 1. The van der Waals surface area contributed by atoms with Gasteiger partial charge in [-0.05, 0) is 18.2 Å². The predicted molar refractivity (Wildman–Crippen MR) is 72.2 cm³/mol. The first kappa shape index (κ1) is 12.9. The van der Waals surface area contributed by atoms with Crippen molar-refractivity contribution in [1.29, 1.82) is 0 Å². The van der Waals surface area contributed by atoms with Crippen LogP contribution in [0.3, 0.4) is 0 Å². The Balaban J connectivity index is 1.96. The van der Waals surface area contributed by atoms with Crippen molar-refractivity contribution in [3.8, 4) is 0 Å². The van der Waals surface area contributed by atoms with Crippen molar-refractivity contribution in [1.82, 2.24) is 4.98 Å². The normalized spacial score (nSPS) is 10.3. The maximum Gasteiger partial charge on any atom is 0.308 e. The minimum Gasteiger partial charge on any atom is -0.481 e. The van der Waals surface area contributed by atoms with Crippen LogP contribution in [0.4, 0.5) is 5.69 Å². The number of rotatable bonds is 5. The average molecular weight is 283 g/mol. The maximum atomic E-state index is 10.6. The van der Waals surface area contributed by atoms with Crippen LogP contribution in [-0.4, -0.2) is 16.1 Å². The van der Waals surface area contributed by atoms with Crippen molar-refractivity contribution >= 4 is 34.6 Å². The number of carboxylic acid groups (broad SMARTS) is 1. The van der Waals surface area contributed by atoms with Crippen LogP contribution in [0, 0.1) is 0 Å². The zero-order chi connectivity index (χ0) is 13.0. The van der Waals surface area contributed by atoms with Gasteiger partial charge in [-0.15, -0.1) is 11.3 Å². The van der Waals surface area contributed by atoms with Gasteiger partial charge in [0.1, 0.15) is 0 Å². The first-order valence-corrected chi connectivity index (χ1v) is 6.47. The van der Waals surface area contributed by atoms with Crippen molar-refractivity contribution < 1.29 is 9.90 Å². The van der Waals surface area contributed by atoms with Crippen LogP contribution in [-0.2, 0) is 17.8 Å². The lowest BCUT2D eigenvalue weighted by molar-refractivity contribution is -0.136. The molecule has 0 amide bonds. The SMILES string of the molecule is O=C(O)Cc1ccc(CNc2cnccc2Cl)s1. The summed E-state index contributed by atoms with van der Waals surface area (Å²) in [5.41, 5.74) is 0.771. The Bertz CT molecular complexity index is 557. The fourth-order valence-electron chi connectivity index (χ4n) is 1.45. The molecule has 2 N–H and O–H groups in total. The number of hydrogen-bond acceptors (Lipinski definition) is 4. The quantitative estimate of drug-likeness (QED) is 0.885. The molecule has 0 spiro atoms. The molecule has 0 aliphatic carbocycles. The Morgan fingerprint density at radius 2 is 2.17 bits per heavy atom. The fraction of sp³-hybridized carbons (Fsp3) is 0.167. The number of anilines is 1. The van der Waals surface area contributed by atoms with Gasteiger partial charge in [-0.1, -0.05) is 11.6 Å². The summed E-state index contributed by atoms with van der Waals surface area (Å²) in [6.07, 6.45) is 3.36. The Labute approximate surface area is 113 Å². The lowest BCUT2D eigenvalue weighted by atomic mass is 10.3. The van der Waals surface area contributed by atoms with Crippen LogP contribution in [0.1, 0.15) is 9.75 Å². The molecule has 4 nitrogen and oxygen atoms in total. The summed E-state index contributed by atoms with van der Waals surface area (Å²) in [6, 6.07) is 5.47. The summed E-state index contributed by atoms with van der Waals surface area (Å²) in [7, 11) is 0. The third-order valence-corrected chi connectivity index (χ3v) is 3.68. The number of hydrogen-bond donors (Lipinski definition) is 2. The van der Waals surface area contributed by atoms with E-state index in [9.17, 15) is 4.79 Å². The first-order chi connectivity index (χ1) is 8.65. The van der Waals surface area contributed by atoms with Crippen molar-refractivity contribution in [3.63, 3.8) is 0 Å². The topological polar surface area (TPSA) is 62.2 Å². The summed E-state index contributed by atoms with van der Waals surface area (Å²) >= 11 is 7.47. The molecular weight excluding hydrogens is 272 g/mol. The molecule has 0 radical (unpaired) electrons. The van der Waals surface area contributed by atoms with Crippen molar-refractivity contribution in [2.45, 2.75) is 13.0 Å². The minimum atomic E-state index is -0.813. The van der Waals surface area contributed by atoms with E-state index in [1.165, 1.54) is 11.3 Å². The molecule has 0 unspecified atom stereocenters. The van der Waals surface area contributed by atoms with E-state index in [0.29, 0.717) is 11.6 Å². The zero-order valence-corrected chi connectivity index (χ0v) is 11.0. The molecule has 0 saturated heterocycles. The summed E-state index contributed by atoms with van der Waals surface area (Å²) < 4.78 is 0. The number of thiophene rings is 1. The summed E-state index contributed by atoms with van der Waals surface area (Å²) in [5.74, 6) is -0.813. The largest absolute Gasteiger partial charge is 0.481 e. The summed E-state index contributed by atoms with van der Waals surface area (Å²) in [4.78, 5) is 16.5. The van der Waals surface area contributed by atoms with Gasteiger partial charge in [-0.2, -0.15) is 0 Å². The third-order valence-electron chi connectivity index (χ3n) is 2.26. The van der Waals surface area contributed by atoms with Crippen molar-refractivity contribution in [2.75, 3.05) is 5.32 Å². The standard InChI is InChI=1S/C12H11ClN2O2S/c13-10-3-4-14-7-11(10)15-6-9-2-1-8(18-9)5-12(16)17/h1-4,7,15H,5-6H2,(H,16,17). The Kier molecular flexibility index (Phi) is 4.17. The predicted octanol–water partition coefficient (Wildman–Crippen LogP) is 3.04. The summed E-state index contributed by atoms with van der Waals surface area (Å²) in [5, 5.41) is 12.5. The van der Waals surface area contributed by atoms with Crippen LogP contribution in [0.5, 0.6) is 0 Å². The van der Waals surface area contributed by atoms with E-state index in [2.05, 4.69) is 10.3 Å². The number of aliphatic carboxylic acids is 1. The van der Waals surface area contributed by atoms with E-state index in [1.807, 2.05) is 12.1 Å². The smallest absolute Gasteiger partial charge is 0.308 e. The number of carbonyl (C=O) groups is 1. The molecule has 2 aromatic rings. The van der Waals surface area contributed by atoms with Gasteiger partial charge in [0.15, 0.2) is 0 Å². The van der Waals surface area contributed by atoms with Gasteiger partial charge in [-0.25, -0.2) is 0 Å². The highest BCUT2D eigenvalue weighted by Crippen LogP contribution is 2.22. The monoisotopic (exact) mass is 282 g/mol. The van der Waals surface area contributed by atoms with Gasteiger partial charge in [0.2, 0.25) is 0 Å². The Hall–Kier alpha value is -1.59. The van der Waals surface area contributed by atoms with E-state index in [-0.39, 0.29) is 6.42 Å². The van der Waals surface area contributed by atoms with Crippen LogP contribution in [0.15, 0.2) is 30.6 Å². The summed E-state index contributed by atoms with van der Waals surface area (Å²) in [6.45, 7) is 0.607. The van der Waals surface area contributed by atoms with Gasteiger partial charge in [0, 0.05) is 22.5 Å². The van der Waals surface area contributed by atoms with Crippen LogP contribution in [0.25, 0.3) is 0 Å². The molecular formula is C12H11ClN2O2S. The first-order valence-electron chi connectivity index (χ1n) is 5.28. The number of carboxylic acids is 1. The average Bonchev–Trinajstić information content (AvgIpc) is 2.75. The van der Waals surface area contributed by atoms with Crippen molar-refractivity contribution in [3.05, 3.63) is 45.4 Å². The molecule has 0 fully saturated rings. The molecule has 2 aromatic heterocycles. The Morgan fingerprint density at radius 1 is 1.39 bits per heavy atom. The van der Waals surface area contributed by atoms with Crippen LogP contribution in [0.2, 0.25) is 5.02 Å². The van der Waals surface area contributed by atoms with Gasteiger partial charge in [0.05, 0.1) is 23.3 Å². The van der Waals surface area contributed by atoms with E-state index < -0.39 is 5.97 Å². The Morgan fingerprint density at radius 3 is 2.89 bits per heavy atom. The molecule has 0 bridgehead atoms. The molecule has 0 aromatic carbocycles. The fourth-order valence-corrected chi connectivity index (χ4v) is 2.57. The molecule has 0 atom stereocenters. The minimum absolute atomic E-state index is 0.0678. The lowest BCUT2D eigenvalue weighted by Crippen LogP contribution is -1.98. The molecule has 0 saturated carbocycles.